The van der Waals surface area contributed by atoms with E-state index in [1.807, 2.05) is 25.1 Å². The SMILES string of the molecule is Cc1ccc2cc(I)cc(F)c2n1. The van der Waals surface area contributed by atoms with Crippen molar-refractivity contribution in [2.75, 3.05) is 0 Å². The zero-order valence-corrected chi connectivity index (χ0v) is 9.17. The van der Waals surface area contributed by atoms with Crippen molar-refractivity contribution in [1.82, 2.24) is 4.98 Å². The summed E-state index contributed by atoms with van der Waals surface area (Å²) in [6.45, 7) is 1.86. The maximum absolute atomic E-state index is 13.4. The highest BCUT2D eigenvalue weighted by atomic mass is 127. The zero-order chi connectivity index (χ0) is 9.42. The number of rotatable bonds is 0. The number of fused-ring (bicyclic) bond motifs is 1. The van der Waals surface area contributed by atoms with Gasteiger partial charge in [-0.15, -0.1) is 0 Å². The van der Waals surface area contributed by atoms with E-state index >= 15 is 0 Å². The van der Waals surface area contributed by atoms with Crippen LogP contribution in [0.1, 0.15) is 5.69 Å². The molecule has 0 aliphatic heterocycles. The molecular weight excluding hydrogens is 280 g/mol. The van der Waals surface area contributed by atoms with Gasteiger partial charge in [0.1, 0.15) is 11.3 Å². The van der Waals surface area contributed by atoms with E-state index in [-0.39, 0.29) is 5.82 Å². The lowest BCUT2D eigenvalue weighted by Crippen LogP contribution is -1.88. The van der Waals surface area contributed by atoms with E-state index in [2.05, 4.69) is 27.6 Å². The van der Waals surface area contributed by atoms with Gasteiger partial charge in [0.05, 0.1) is 0 Å². The first-order valence-corrected chi connectivity index (χ1v) is 4.97. The minimum absolute atomic E-state index is 0.245. The normalized spacial score (nSPS) is 10.7. The number of aromatic nitrogens is 1. The lowest BCUT2D eigenvalue weighted by Gasteiger charge is -2.00. The predicted octanol–water partition coefficient (Wildman–Crippen LogP) is 3.29. The third-order valence-corrected chi connectivity index (χ3v) is 2.47. The van der Waals surface area contributed by atoms with Crippen LogP contribution in [0.5, 0.6) is 0 Å². The molecule has 0 atom stereocenters. The molecule has 0 saturated heterocycles. The van der Waals surface area contributed by atoms with Crippen molar-refractivity contribution in [3.63, 3.8) is 0 Å². The number of hydrogen-bond donors (Lipinski definition) is 0. The number of hydrogen-bond acceptors (Lipinski definition) is 1. The van der Waals surface area contributed by atoms with Crippen molar-refractivity contribution in [3.05, 3.63) is 39.3 Å². The predicted molar refractivity (Wildman–Crippen MR) is 59.2 cm³/mol. The van der Waals surface area contributed by atoms with Gasteiger partial charge in [0, 0.05) is 14.7 Å². The van der Waals surface area contributed by atoms with Crippen molar-refractivity contribution < 1.29 is 4.39 Å². The van der Waals surface area contributed by atoms with E-state index in [1.165, 1.54) is 6.07 Å². The monoisotopic (exact) mass is 287 g/mol. The molecule has 0 unspecified atom stereocenters. The first kappa shape index (κ1) is 8.87. The smallest absolute Gasteiger partial charge is 0.150 e. The third kappa shape index (κ3) is 1.65. The molecule has 0 radical (unpaired) electrons. The van der Waals surface area contributed by atoms with E-state index in [4.69, 9.17) is 0 Å². The van der Waals surface area contributed by atoms with Gasteiger partial charge in [-0.25, -0.2) is 4.39 Å². The van der Waals surface area contributed by atoms with Crippen LogP contribution in [0.4, 0.5) is 4.39 Å². The molecule has 1 heterocycles. The van der Waals surface area contributed by atoms with Gasteiger partial charge in [-0.3, -0.25) is 4.98 Å². The van der Waals surface area contributed by atoms with E-state index in [1.54, 1.807) is 0 Å². The molecule has 1 nitrogen and oxygen atoms in total. The van der Waals surface area contributed by atoms with Gasteiger partial charge < -0.3 is 0 Å². The Hall–Kier alpha value is -0.710. The van der Waals surface area contributed by atoms with Crippen molar-refractivity contribution in [2.45, 2.75) is 6.92 Å². The number of benzene rings is 1. The van der Waals surface area contributed by atoms with Crippen LogP contribution in [0.3, 0.4) is 0 Å². The molecule has 0 N–H and O–H groups in total. The Morgan fingerprint density at radius 3 is 2.85 bits per heavy atom. The zero-order valence-electron chi connectivity index (χ0n) is 7.01. The Bertz CT molecular complexity index is 468. The number of halogens is 2. The maximum Gasteiger partial charge on any atom is 0.150 e. The van der Waals surface area contributed by atoms with Gasteiger partial charge >= 0.3 is 0 Å². The van der Waals surface area contributed by atoms with Gasteiger partial charge in [0.25, 0.3) is 0 Å². The summed E-state index contributed by atoms with van der Waals surface area (Å²) in [5.74, 6) is -0.245. The molecule has 66 valence electrons. The quantitative estimate of drug-likeness (QED) is 0.678. The minimum Gasteiger partial charge on any atom is -0.250 e. The first-order chi connectivity index (χ1) is 6.16. The van der Waals surface area contributed by atoms with Gasteiger partial charge in [-0.1, -0.05) is 6.07 Å². The minimum atomic E-state index is -0.245. The summed E-state index contributed by atoms with van der Waals surface area (Å²) in [5.41, 5.74) is 1.30. The Labute approximate surface area is 89.1 Å². The lowest BCUT2D eigenvalue weighted by atomic mass is 10.2. The van der Waals surface area contributed by atoms with E-state index < -0.39 is 0 Å². The van der Waals surface area contributed by atoms with Gasteiger partial charge in [-0.2, -0.15) is 0 Å². The Morgan fingerprint density at radius 1 is 1.31 bits per heavy atom. The van der Waals surface area contributed by atoms with E-state index in [9.17, 15) is 4.39 Å². The molecule has 0 fully saturated rings. The van der Waals surface area contributed by atoms with Crippen LogP contribution in [0.25, 0.3) is 10.9 Å². The third-order valence-electron chi connectivity index (χ3n) is 1.85. The van der Waals surface area contributed by atoms with Crippen molar-refractivity contribution in [1.29, 1.82) is 0 Å². The number of pyridine rings is 1. The van der Waals surface area contributed by atoms with E-state index in [0.717, 1.165) is 14.7 Å². The fourth-order valence-electron chi connectivity index (χ4n) is 1.25. The molecule has 3 heteroatoms. The van der Waals surface area contributed by atoms with Crippen molar-refractivity contribution >= 4 is 33.5 Å². The summed E-state index contributed by atoms with van der Waals surface area (Å²) in [7, 11) is 0. The largest absolute Gasteiger partial charge is 0.250 e. The second-order valence-electron chi connectivity index (χ2n) is 2.91. The second kappa shape index (κ2) is 3.21. The molecule has 0 saturated carbocycles. The summed E-state index contributed by atoms with van der Waals surface area (Å²) in [6.07, 6.45) is 0. The van der Waals surface area contributed by atoms with E-state index in [0.29, 0.717) is 5.52 Å². The first-order valence-electron chi connectivity index (χ1n) is 3.89. The molecule has 1 aromatic heterocycles. The molecule has 0 spiro atoms. The van der Waals surface area contributed by atoms with Crippen LogP contribution in [-0.2, 0) is 0 Å². The van der Waals surface area contributed by atoms with Crippen molar-refractivity contribution in [3.8, 4) is 0 Å². The summed E-state index contributed by atoms with van der Waals surface area (Å²) in [6, 6.07) is 7.20. The average molecular weight is 287 g/mol. The fraction of sp³-hybridized carbons (Fsp3) is 0.100. The van der Waals surface area contributed by atoms with Crippen LogP contribution in [0.2, 0.25) is 0 Å². The number of nitrogens with zero attached hydrogens (tertiary/aromatic N) is 1. The van der Waals surface area contributed by atoms with Crippen molar-refractivity contribution in [2.24, 2.45) is 0 Å². The maximum atomic E-state index is 13.4. The topological polar surface area (TPSA) is 12.9 Å². The van der Waals surface area contributed by atoms with Crippen LogP contribution in [-0.4, -0.2) is 4.98 Å². The number of aryl methyl sites for hydroxylation is 1. The molecule has 2 aromatic rings. The molecule has 0 bridgehead atoms. The summed E-state index contributed by atoms with van der Waals surface area (Å²) < 4.78 is 14.3. The highest BCUT2D eigenvalue weighted by molar-refractivity contribution is 14.1. The Balaban J connectivity index is 2.87. The molecule has 1 aromatic carbocycles. The van der Waals surface area contributed by atoms with Gasteiger partial charge in [0.15, 0.2) is 0 Å². The van der Waals surface area contributed by atoms with Crippen LogP contribution in [0, 0.1) is 16.3 Å². The molecular formula is C10H7FIN. The van der Waals surface area contributed by atoms with Crippen LogP contribution in [0.15, 0.2) is 24.3 Å². The molecule has 0 aliphatic rings. The van der Waals surface area contributed by atoms with Crippen LogP contribution < -0.4 is 0 Å². The molecule has 2 rings (SSSR count). The Morgan fingerprint density at radius 2 is 2.08 bits per heavy atom. The Kier molecular flexibility index (Phi) is 2.19. The summed E-state index contributed by atoms with van der Waals surface area (Å²) in [5, 5.41) is 0.856. The van der Waals surface area contributed by atoms with Gasteiger partial charge in [-0.05, 0) is 47.7 Å². The second-order valence-corrected chi connectivity index (χ2v) is 4.16. The summed E-state index contributed by atoms with van der Waals surface area (Å²) in [4.78, 5) is 4.14. The highest BCUT2D eigenvalue weighted by Gasteiger charge is 2.03. The lowest BCUT2D eigenvalue weighted by molar-refractivity contribution is 0.635. The molecule has 13 heavy (non-hydrogen) atoms. The van der Waals surface area contributed by atoms with Gasteiger partial charge in [0.2, 0.25) is 0 Å². The molecule has 0 amide bonds. The average Bonchev–Trinajstić information content (AvgIpc) is 2.06. The fourth-order valence-corrected chi connectivity index (χ4v) is 1.86. The highest BCUT2D eigenvalue weighted by Crippen LogP contribution is 2.19. The van der Waals surface area contributed by atoms with Crippen LogP contribution >= 0.6 is 22.6 Å². The standard InChI is InChI=1S/C10H7FIN/c1-6-2-3-7-4-8(12)5-9(11)10(7)13-6/h2-5H,1H3. The summed E-state index contributed by atoms with van der Waals surface area (Å²) >= 11 is 2.09. The molecule has 0 aliphatic carbocycles.